The summed E-state index contributed by atoms with van der Waals surface area (Å²) in [6.07, 6.45) is -1.79. The standard InChI is InChI=1S/C15H16F3N5O2/c16-15(17,18)9-14(7-10-3-1-2-4-19-10)21-8-11(22-14)12-13(24)20-5-6-23(12)25/h1-6,11-12,21-22H,7-9H2/p+1. The minimum atomic E-state index is -4.43. The van der Waals surface area contributed by atoms with Crippen molar-refractivity contribution >= 4 is 5.91 Å². The van der Waals surface area contributed by atoms with Crippen molar-refractivity contribution in [3.8, 4) is 0 Å². The summed E-state index contributed by atoms with van der Waals surface area (Å²) < 4.78 is 39.8. The number of nitroso groups, excluding NO2 is 1. The Morgan fingerprint density at radius 3 is 2.80 bits per heavy atom. The van der Waals surface area contributed by atoms with Gasteiger partial charge >= 0.3 is 12.2 Å². The monoisotopic (exact) mass is 356 g/mol. The molecule has 2 aliphatic rings. The first kappa shape index (κ1) is 17.5. The molecule has 0 spiro atoms. The Bertz CT molecular complexity index is 694. The van der Waals surface area contributed by atoms with Crippen LogP contribution in [0.2, 0.25) is 0 Å². The van der Waals surface area contributed by atoms with Gasteiger partial charge in [-0.1, -0.05) is 6.07 Å². The molecule has 0 bridgehead atoms. The number of alkyl halides is 3. The first-order valence-corrected chi connectivity index (χ1v) is 7.70. The van der Waals surface area contributed by atoms with Gasteiger partial charge < -0.3 is 5.32 Å². The van der Waals surface area contributed by atoms with Crippen LogP contribution in [0, 0.1) is 4.91 Å². The molecule has 1 fully saturated rings. The SMILES string of the molecule is O=C1NC=C[N+](=O)C1C1CNC(Cc2ccccn2)(CC(F)(F)F)N1. The van der Waals surface area contributed by atoms with Crippen molar-refractivity contribution in [1.82, 2.24) is 20.9 Å². The Morgan fingerprint density at radius 2 is 2.16 bits per heavy atom. The largest absolute Gasteiger partial charge is 0.392 e. The smallest absolute Gasteiger partial charge is 0.321 e. The van der Waals surface area contributed by atoms with Gasteiger partial charge in [-0.05, 0) is 12.1 Å². The van der Waals surface area contributed by atoms with E-state index in [1.165, 1.54) is 12.4 Å². The molecule has 2 aliphatic heterocycles. The second kappa shape index (κ2) is 6.52. The predicted molar refractivity (Wildman–Crippen MR) is 81.0 cm³/mol. The van der Waals surface area contributed by atoms with Crippen LogP contribution in [0.1, 0.15) is 12.1 Å². The Labute approximate surface area is 141 Å². The molecule has 1 saturated heterocycles. The quantitative estimate of drug-likeness (QED) is 0.688. The van der Waals surface area contributed by atoms with Gasteiger partial charge in [-0.25, -0.2) is 0 Å². The van der Waals surface area contributed by atoms with Crippen molar-refractivity contribution in [2.45, 2.75) is 36.8 Å². The summed E-state index contributed by atoms with van der Waals surface area (Å²) in [7, 11) is 0. The fourth-order valence-corrected chi connectivity index (χ4v) is 3.24. The van der Waals surface area contributed by atoms with Crippen LogP contribution in [-0.2, 0) is 11.2 Å². The van der Waals surface area contributed by atoms with Gasteiger partial charge in [0.25, 0.3) is 5.91 Å². The molecule has 25 heavy (non-hydrogen) atoms. The third kappa shape index (κ3) is 4.02. The number of rotatable bonds is 4. The molecule has 0 aromatic carbocycles. The van der Waals surface area contributed by atoms with Crippen molar-refractivity contribution in [3.05, 3.63) is 47.4 Å². The summed E-state index contributed by atoms with van der Waals surface area (Å²) in [6.45, 7) is 0.0492. The molecular formula is C15H17F3N5O2+. The zero-order valence-electron chi connectivity index (χ0n) is 13.1. The van der Waals surface area contributed by atoms with E-state index in [-0.39, 0.29) is 13.0 Å². The molecule has 7 nitrogen and oxygen atoms in total. The summed E-state index contributed by atoms with van der Waals surface area (Å²) in [4.78, 5) is 27.9. The van der Waals surface area contributed by atoms with Crippen LogP contribution >= 0.6 is 0 Å². The first-order valence-electron chi connectivity index (χ1n) is 7.70. The lowest BCUT2D eigenvalue weighted by Crippen LogP contribution is -2.59. The number of carbonyl (C=O) groups excluding carboxylic acids is 1. The third-order valence-electron chi connectivity index (χ3n) is 4.20. The lowest BCUT2D eigenvalue weighted by atomic mass is 9.99. The number of hydrogen-bond donors (Lipinski definition) is 3. The van der Waals surface area contributed by atoms with Crippen molar-refractivity contribution in [2.75, 3.05) is 6.54 Å². The first-order chi connectivity index (χ1) is 11.8. The van der Waals surface area contributed by atoms with Crippen LogP contribution in [0.3, 0.4) is 0 Å². The minimum absolute atomic E-state index is 0.0348. The summed E-state index contributed by atoms with van der Waals surface area (Å²) >= 11 is 0. The van der Waals surface area contributed by atoms with Gasteiger partial charge in [-0.15, -0.1) is 0 Å². The van der Waals surface area contributed by atoms with E-state index in [9.17, 15) is 22.9 Å². The number of pyridine rings is 1. The second-order valence-corrected chi connectivity index (χ2v) is 6.13. The maximum atomic E-state index is 13.1. The topological polar surface area (TPSA) is 86.1 Å². The van der Waals surface area contributed by atoms with Gasteiger partial charge in [-0.3, -0.25) is 20.4 Å². The highest BCUT2D eigenvalue weighted by Gasteiger charge is 2.53. The molecule has 0 radical (unpaired) electrons. The number of amides is 1. The molecule has 1 amide bonds. The van der Waals surface area contributed by atoms with Gasteiger partial charge in [0.2, 0.25) is 6.20 Å². The highest BCUT2D eigenvalue weighted by molar-refractivity contribution is 5.82. The van der Waals surface area contributed by atoms with Crippen molar-refractivity contribution < 1.29 is 22.7 Å². The maximum absolute atomic E-state index is 13.1. The van der Waals surface area contributed by atoms with E-state index >= 15 is 0 Å². The van der Waals surface area contributed by atoms with Gasteiger partial charge in [0.05, 0.1) is 24.3 Å². The zero-order valence-corrected chi connectivity index (χ0v) is 13.1. The molecule has 3 rings (SSSR count). The maximum Gasteiger partial charge on any atom is 0.392 e. The summed E-state index contributed by atoms with van der Waals surface area (Å²) in [5.41, 5.74) is -1.06. The minimum Gasteiger partial charge on any atom is -0.321 e. The van der Waals surface area contributed by atoms with Gasteiger partial charge in [0, 0.05) is 34.5 Å². The number of halogens is 3. The molecule has 0 saturated carbocycles. The Balaban J connectivity index is 1.83. The molecule has 10 heteroatoms. The molecule has 3 atom stereocenters. The predicted octanol–water partition coefficient (Wildman–Crippen LogP) is 0.583. The lowest BCUT2D eigenvalue weighted by Gasteiger charge is -2.31. The van der Waals surface area contributed by atoms with Crippen molar-refractivity contribution in [3.63, 3.8) is 0 Å². The molecular weight excluding hydrogens is 339 g/mol. The van der Waals surface area contributed by atoms with Gasteiger partial charge in [0.1, 0.15) is 0 Å². The fourth-order valence-electron chi connectivity index (χ4n) is 3.24. The molecule has 134 valence electrons. The molecule has 1 aromatic heterocycles. The van der Waals surface area contributed by atoms with Crippen LogP contribution in [0.15, 0.2) is 36.8 Å². The van der Waals surface area contributed by atoms with Crippen LogP contribution in [-0.4, -0.2) is 46.1 Å². The zero-order chi connectivity index (χ0) is 18.1. The number of carbonyl (C=O) groups is 1. The van der Waals surface area contributed by atoms with Crippen LogP contribution in [0.25, 0.3) is 0 Å². The van der Waals surface area contributed by atoms with E-state index < -0.39 is 36.3 Å². The Kier molecular flexibility index (Phi) is 4.56. The van der Waals surface area contributed by atoms with Crippen LogP contribution in [0.5, 0.6) is 0 Å². The molecule has 0 aliphatic carbocycles. The number of hydrogen-bond acceptors (Lipinski definition) is 5. The summed E-state index contributed by atoms with van der Waals surface area (Å²) in [5.74, 6) is -0.558. The van der Waals surface area contributed by atoms with Gasteiger partial charge in [0.15, 0.2) is 0 Å². The summed E-state index contributed by atoms with van der Waals surface area (Å²) in [6, 6.07) is 3.08. The molecule has 1 aromatic rings. The number of aromatic nitrogens is 1. The average Bonchev–Trinajstić information content (AvgIpc) is 2.89. The average molecular weight is 356 g/mol. The van der Waals surface area contributed by atoms with E-state index in [1.807, 2.05) is 0 Å². The van der Waals surface area contributed by atoms with E-state index in [2.05, 4.69) is 20.9 Å². The molecule has 3 unspecified atom stereocenters. The Hall–Kier alpha value is -2.33. The van der Waals surface area contributed by atoms with Crippen molar-refractivity contribution in [2.24, 2.45) is 0 Å². The van der Waals surface area contributed by atoms with E-state index in [1.54, 1.807) is 18.2 Å². The van der Waals surface area contributed by atoms with Gasteiger partial charge in [-0.2, -0.15) is 13.2 Å². The Morgan fingerprint density at radius 1 is 1.36 bits per heavy atom. The van der Waals surface area contributed by atoms with E-state index in [4.69, 9.17) is 0 Å². The van der Waals surface area contributed by atoms with Crippen LogP contribution in [0.4, 0.5) is 13.2 Å². The number of nitrogens with one attached hydrogen (secondary N) is 3. The van der Waals surface area contributed by atoms with Crippen LogP contribution < -0.4 is 16.0 Å². The van der Waals surface area contributed by atoms with Crippen molar-refractivity contribution in [1.29, 1.82) is 0 Å². The molecule has 3 heterocycles. The normalized spacial score (nSPS) is 29.7. The third-order valence-corrected chi connectivity index (χ3v) is 4.20. The van der Waals surface area contributed by atoms with E-state index in [0.717, 1.165) is 6.20 Å². The van der Waals surface area contributed by atoms with E-state index in [0.29, 0.717) is 10.5 Å². The number of nitrogens with zero attached hydrogens (tertiary/aromatic N) is 2. The highest BCUT2D eigenvalue weighted by atomic mass is 19.4. The fraction of sp³-hybridized carbons (Fsp3) is 0.467. The second-order valence-electron chi connectivity index (χ2n) is 6.13. The highest BCUT2D eigenvalue weighted by Crippen LogP contribution is 2.31. The molecule has 3 N–H and O–H groups in total. The lowest BCUT2D eigenvalue weighted by molar-refractivity contribution is -0.513. The summed E-state index contributed by atoms with van der Waals surface area (Å²) in [5, 5.41) is 8.06.